The van der Waals surface area contributed by atoms with Gasteiger partial charge in [0.25, 0.3) is 5.91 Å². The molecule has 0 aliphatic carbocycles. The third kappa shape index (κ3) is 2.85. The van der Waals surface area contributed by atoms with Gasteiger partial charge >= 0.3 is 0 Å². The Balaban J connectivity index is 1.43. The second-order valence-corrected chi connectivity index (χ2v) is 5.79. The van der Waals surface area contributed by atoms with Crippen LogP contribution in [0, 0.1) is 11.3 Å². The summed E-state index contributed by atoms with van der Waals surface area (Å²) in [6.45, 7) is 1.04. The third-order valence-electron chi connectivity index (χ3n) is 4.14. The van der Waals surface area contributed by atoms with Crippen LogP contribution in [-0.4, -0.2) is 39.0 Å². The summed E-state index contributed by atoms with van der Waals surface area (Å²) in [4.78, 5) is 22.5. The lowest BCUT2D eigenvalue weighted by Gasteiger charge is -2.37. The van der Waals surface area contributed by atoms with Gasteiger partial charge in [-0.05, 0) is 30.3 Å². The number of rotatable bonds is 3. The Labute approximate surface area is 143 Å². The summed E-state index contributed by atoms with van der Waals surface area (Å²) in [6, 6.07) is 12.4. The van der Waals surface area contributed by atoms with E-state index in [4.69, 9.17) is 9.78 Å². The van der Waals surface area contributed by atoms with E-state index in [2.05, 4.69) is 15.1 Å². The largest absolute Gasteiger partial charge is 0.339 e. The smallest absolute Gasteiger partial charge is 0.253 e. The van der Waals surface area contributed by atoms with Gasteiger partial charge in [0.1, 0.15) is 0 Å². The topological polar surface area (TPSA) is 95.9 Å². The molecule has 0 N–H and O–H groups in total. The molecule has 122 valence electrons. The molecule has 3 heterocycles. The first-order valence-electron chi connectivity index (χ1n) is 7.78. The summed E-state index contributed by atoms with van der Waals surface area (Å²) in [5.74, 6) is 0.985. The van der Waals surface area contributed by atoms with E-state index in [0.29, 0.717) is 35.9 Å². The summed E-state index contributed by atoms with van der Waals surface area (Å²) in [5, 5.41) is 12.9. The lowest BCUT2D eigenvalue weighted by atomic mass is 9.98. The first kappa shape index (κ1) is 15.0. The lowest BCUT2D eigenvalue weighted by Crippen LogP contribution is -2.48. The zero-order chi connectivity index (χ0) is 17.2. The minimum absolute atomic E-state index is 0.0335. The Kier molecular flexibility index (Phi) is 3.71. The monoisotopic (exact) mass is 331 g/mol. The summed E-state index contributed by atoms with van der Waals surface area (Å²) >= 11 is 0. The molecule has 3 aromatic rings. The second-order valence-electron chi connectivity index (χ2n) is 5.79. The summed E-state index contributed by atoms with van der Waals surface area (Å²) in [5.41, 5.74) is 1.83. The van der Waals surface area contributed by atoms with Gasteiger partial charge in [-0.15, -0.1) is 0 Å². The van der Waals surface area contributed by atoms with Crippen molar-refractivity contribution < 1.29 is 9.32 Å². The van der Waals surface area contributed by atoms with Crippen LogP contribution in [-0.2, 0) is 0 Å². The van der Waals surface area contributed by atoms with Crippen molar-refractivity contribution >= 4 is 5.91 Å². The minimum atomic E-state index is -0.0952. The number of carbonyl (C=O) groups excluding carboxylic acids is 1. The molecule has 1 saturated heterocycles. The molecule has 4 rings (SSSR count). The summed E-state index contributed by atoms with van der Waals surface area (Å²) < 4.78 is 5.33. The standard InChI is InChI=1S/C18H13N5O2/c19-9-12-2-1-3-14(8-12)18(24)23-10-15(11-23)17-21-16(22-25-17)13-4-6-20-7-5-13/h1-8,15H,10-11H2. The number of amides is 1. The molecular weight excluding hydrogens is 318 g/mol. The van der Waals surface area contributed by atoms with Crippen LogP contribution in [0.15, 0.2) is 53.3 Å². The van der Waals surface area contributed by atoms with E-state index >= 15 is 0 Å². The van der Waals surface area contributed by atoms with Gasteiger partial charge in [-0.3, -0.25) is 9.78 Å². The van der Waals surface area contributed by atoms with Crippen molar-refractivity contribution in [2.75, 3.05) is 13.1 Å². The highest BCUT2D eigenvalue weighted by Gasteiger charge is 2.36. The first-order valence-corrected chi connectivity index (χ1v) is 7.78. The van der Waals surface area contributed by atoms with Gasteiger partial charge in [0, 0.05) is 36.6 Å². The number of hydrogen-bond acceptors (Lipinski definition) is 6. The minimum Gasteiger partial charge on any atom is -0.339 e. The first-order chi connectivity index (χ1) is 12.2. The fraction of sp³-hybridized carbons (Fsp3) is 0.167. The van der Waals surface area contributed by atoms with E-state index in [1.165, 1.54) is 0 Å². The molecule has 1 amide bonds. The molecule has 0 spiro atoms. The Morgan fingerprint density at radius 3 is 2.80 bits per heavy atom. The Morgan fingerprint density at radius 2 is 2.04 bits per heavy atom. The van der Waals surface area contributed by atoms with E-state index in [-0.39, 0.29) is 11.8 Å². The number of likely N-dealkylation sites (tertiary alicyclic amines) is 1. The molecule has 0 unspecified atom stereocenters. The molecule has 1 fully saturated rings. The molecule has 1 aromatic carbocycles. The molecule has 2 aromatic heterocycles. The Bertz CT molecular complexity index is 955. The van der Waals surface area contributed by atoms with Crippen LogP contribution < -0.4 is 0 Å². The van der Waals surface area contributed by atoms with Crippen LogP contribution in [0.5, 0.6) is 0 Å². The van der Waals surface area contributed by atoms with Crippen LogP contribution in [0.3, 0.4) is 0 Å². The molecule has 0 radical (unpaired) electrons. The quantitative estimate of drug-likeness (QED) is 0.730. The zero-order valence-electron chi connectivity index (χ0n) is 13.2. The van der Waals surface area contributed by atoms with E-state index in [9.17, 15) is 4.79 Å². The van der Waals surface area contributed by atoms with Crippen LogP contribution in [0.4, 0.5) is 0 Å². The summed E-state index contributed by atoms with van der Waals surface area (Å²) in [7, 11) is 0. The molecule has 0 bridgehead atoms. The molecule has 25 heavy (non-hydrogen) atoms. The number of nitriles is 1. The van der Waals surface area contributed by atoms with Crippen molar-refractivity contribution in [2.45, 2.75) is 5.92 Å². The second kappa shape index (κ2) is 6.17. The fourth-order valence-electron chi connectivity index (χ4n) is 2.72. The van der Waals surface area contributed by atoms with Gasteiger partial charge < -0.3 is 9.42 Å². The number of aromatic nitrogens is 3. The van der Waals surface area contributed by atoms with Crippen LogP contribution in [0.2, 0.25) is 0 Å². The van der Waals surface area contributed by atoms with Gasteiger partial charge in [-0.25, -0.2) is 0 Å². The van der Waals surface area contributed by atoms with Crippen molar-refractivity contribution in [1.82, 2.24) is 20.0 Å². The Morgan fingerprint density at radius 1 is 1.24 bits per heavy atom. The van der Waals surface area contributed by atoms with Crippen molar-refractivity contribution in [3.63, 3.8) is 0 Å². The zero-order valence-corrected chi connectivity index (χ0v) is 13.2. The van der Waals surface area contributed by atoms with E-state index in [0.717, 1.165) is 5.56 Å². The van der Waals surface area contributed by atoms with E-state index < -0.39 is 0 Å². The average molecular weight is 331 g/mol. The number of benzene rings is 1. The summed E-state index contributed by atoms with van der Waals surface area (Å²) in [6.07, 6.45) is 3.34. The van der Waals surface area contributed by atoms with Gasteiger partial charge in [-0.2, -0.15) is 10.2 Å². The van der Waals surface area contributed by atoms with Crippen molar-refractivity contribution in [3.8, 4) is 17.5 Å². The number of pyridine rings is 1. The molecule has 1 aliphatic heterocycles. The maximum atomic E-state index is 12.4. The van der Waals surface area contributed by atoms with Gasteiger partial charge in [0.05, 0.1) is 17.6 Å². The third-order valence-corrected chi connectivity index (χ3v) is 4.14. The highest BCUT2D eigenvalue weighted by Crippen LogP contribution is 2.28. The van der Waals surface area contributed by atoms with Gasteiger partial charge in [0.2, 0.25) is 11.7 Å². The number of hydrogen-bond donors (Lipinski definition) is 0. The predicted molar refractivity (Wildman–Crippen MR) is 87.3 cm³/mol. The molecule has 7 heteroatoms. The van der Waals surface area contributed by atoms with Crippen molar-refractivity contribution in [3.05, 3.63) is 65.8 Å². The van der Waals surface area contributed by atoms with Crippen molar-refractivity contribution in [2.24, 2.45) is 0 Å². The predicted octanol–water partition coefficient (Wildman–Crippen LogP) is 2.24. The molecule has 1 aliphatic rings. The van der Waals surface area contributed by atoms with E-state index in [1.54, 1.807) is 41.6 Å². The van der Waals surface area contributed by atoms with Crippen LogP contribution in [0.25, 0.3) is 11.4 Å². The van der Waals surface area contributed by atoms with Crippen LogP contribution >= 0.6 is 0 Å². The van der Waals surface area contributed by atoms with E-state index in [1.807, 2.05) is 18.2 Å². The number of nitrogens with zero attached hydrogens (tertiary/aromatic N) is 5. The molecule has 7 nitrogen and oxygen atoms in total. The fourth-order valence-corrected chi connectivity index (χ4v) is 2.72. The normalized spacial score (nSPS) is 14.0. The lowest BCUT2D eigenvalue weighted by molar-refractivity contribution is 0.0569. The Hall–Kier alpha value is -3.53. The highest BCUT2D eigenvalue weighted by atomic mass is 16.5. The van der Waals surface area contributed by atoms with Gasteiger partial charge in [-0.1, -0.05) is 11.2 Å². The maximum absolute atomic E-state index is 12.4. The average Bonchev–Trinajstić information content (AvgIpc) is 3.11. The molecule has 0 atom stereocenters. The maximum Gasteiger partial charge on any atom is 0.253 e. The van der Waals surface area contributed by atoms with Crippen molar-refractivity contribution in [1.29, 1.82) is 5.26 Å². The highest BCUT2D eigenvalue weighted by molar-refractivity contribution is 5.95. The number of carbonyl (C=O) groups is 1. The molecular formula is C18H13N5O2. The van der Waals surface area contributed by atoms with Gasteiger partial charge in [0.15, 0.2) is 0 Å². The van der Waals surface area contributed by atoms with Crippen LogP contribution in [0.1, 0.15) is 27.7 Å². The molecule has 0 saturated carbocycles. The SMILES string of the molecule is N#Cc1cccc(C(=O)N2CC(c3nc(-c4ccncc4)no3)C2)c1.